The van der Waals surface area contributed by atoms with Crippen LogP contribution < -0.4 is 4.72 Å². The standard InChI is InChI=1S/C18H24N2O4S2/c1-15-9-10-16(2)18(13-15)26(23,24)19-11-12-20(25(3,21)22)14-17-7-5-4-6-8-17/h4-10,13,19H,11-12,14H2,1-3H3. The molecule has 1 N–H and O–H groups in total. The minimum Gasteiger partial charge on any atom is -0.212 e. The molecule has 142 valence electrons. The Balaban J connectivity index is 2.08. The average Bonchev–Trinajstić information content (AvgIpc) is 2.56. The van der Waals surface area contributed by atoms with Crippen LogP contribution >= 0.6 is 0 Å². The number of rotatable bonds is 8. The summed E-state index contributed by atoms with van der Waals surface area (Å²) >= 11 is 0. The minimum atomic E-state index is -3.70. The molecule has 6 nitrogen and oxygen atoms in total. The van der Waals surface area contributed by atoms with Crippen LogP contribution in [0.15, 0.2) is 53.4 Å². The van der Waals surface area contributed by atoms with Crippen molar-refractivity contribution in [3.05, 3.63) is 65.2 Å². The summed E-state index contributed by atoms with van der Waals surface area (Å²) in [7, 11) is -7.16. The van der Waals surface area contributed by atoms with Crippen LogP contribution in [0, 0.1) is 13.8 Å². The highest BCUT2D eigenvalue weighted by Gasteiger charge is 2.20. The van der Waals surface area contributed by atoms with E-state index in [0.29, 0.717) is 5.56 Å². The van der Waals surface area contributed by atoms with E-state index in [9.17, 15) is 16.8 Å². The topological polar surface area (TPSA) is 83.6 Å². The average molecular weight is 397 g/mol. The van der Waals surface area contributed by atoms with Gasteiger partial charge in [-0.3, -0.25) is 0 Å². The summed E-state index contributed by atoms with van der Waals surface area (Å²) in [6.07, 6.45) is 1.12. The van der Waals surface area contributed by atoms with Crippen molar-refractivity contribution in [3.8, 4) is 0 Å². The number of sulfonamides is 2. The maximum absolute atomic E-state index is 12.5. The number of nitrogens with zero attached hydrogens (tertiary/aromatic N) is 1. The van der Waals surface area contributed by atoms with Crippen LogP contribution in [0.4, 0.5) is 0 Å². The summed E-state index contributed by atoms with van der Waals surface area (Å²) in [6, 6.07) is 14.4. The molecule has 0 aromatic heterocycles. The van der Waals surface area contributed by atoms with Gasteiger partial charge >= 0.3 is 0 Å². The fourth-order valence-electron chi connectivity index (χ4n) is 2.53. The predicted octanol–water partition coefficient (Wildman–Crippen LogP) is 2.04. The van der Waals surface area contributed by atoms with Gasteiger partial charge in [0.15, 0.2) is 0 Å². The van der Waals surface area contributed by atoms with E-state index in [0.717, 1.165) is 17.4 Å². The largest absolute Gasteiger partial charge is 0.240 e. The van der Waals surface area contributed by atoms with Crippen molar-refractivity contribution in [3.63, 3.8) is 0 Å². The van der Waals surface area contributed by atoms with Gasteiger partial charge in [-0.25, -0.2) is 21.6 Å². The third-order valence-corrected chi connectivity index (χ3v) is 6.81. The Bertz CT molecular complexity index is 956. The van der Waals surface area contributed by atoms with Gasteiger partial charge in [0, 0.05) is 19.6 Å². The van der Waals surface area contributed by atoms with E-state index in [4.69, 9.17) is 0 Å². The molecular weight excluding hydrogens is 372 g/mol. The van der Waals surface area contributed by atoms with Gasteiger partial charge in [0.1, 0.15) is 0 Å². The van der Waals surface area contributed by atoms with Gasteiger partial charge in [-0.15, -0.1) is 0 Å². The summed E-state index contributed by atoms with van der Waals surface area (Å²) in [5, 5.41) is 0. The minimum absolute atomic E-state index is 0.00435. The Morgan fingerprint density at radius 2 is 1.62 bits per heavy atom. The maximum atomic E-state index is 12.5. The second-order valence-corrected chi connectivity index (χ2v) is 9.97. The Morgan fingerprint density at radius 1 is 0.962 bits per heavy atom. The van der Waals surface area contributed by atoms with Gasteiger partial charge in [0.25, 0.3) is 0 Å². The van der Waals surface area contributed by atoms with Crippen LogP contribution in [0.25, 0.3) is 0 Å². The molecular formula is C18H24N2O4S2. The van der Waals surface area contributed by atoms with Crippen molar-refractivity contribution in [1.29, 1.82) is 0 Å². The molecule has 2 rings (SSSR count). The van der Waals surface area contributed by atoms with Crippen LogP contribution in [0.2, 0.25) is 0 Å². The van der Waals surface area contributed by atoms with E-state index in [2.05, 4.69) is 4.72 Å². The van der Waals surface area contributed by atoms with Crippen molar-refractivity contribution >= 4 is 20.0 Å². The lowest BCUT2D eigenvalue weighted by atomic mass is 10.2. The highest BCUT2D eigenvalue weighted by molar-refractivity contribution is 7.89. The molecule has 0 amide bonds. The van der Waals surface area contributed by atoms with Gasteiger partial charge in [-0.2, -0.15) is 4.31 Å². The zero-order valence-electron chi connectivity index (χ0n) is 15.1. The van der Waals surface area contributed by atoms with E-state index in [1.54, 1.807) is 19.1 Å². The van der Waals surface area contributed by atoms with Gasteiger partial charge in [-0.1, -0.05) is 42.5 Å². The molecule has 0 atom stereocenters. The Hall–Kier alpha value is -1.74. The van der Waals surface area contributed by atoms with Crippen LogP contribution in [-0.4, -0.2) is 40.5 Å². The first-order valence-electron chi connectivity index (χ1n) is 8.15. The SMILES string of the molecule is Cc1ccc(C)c(S(=O)(=O)NCCN(Cc2ccccc2)S(C)(=O)=O)c1. The fourth-order valence-corrected chi connectivity index (χ4v) is 4.68. The zero-order chi connectivity index (χ0) is 19.4. The molecule has 0 heterocycles. The van der Waals surface area contributed by atoms with E-state index >= 15 is 0 Å². The van der Waals surface area contributed by atoms with Crippen molar-refractivity contribution in [2.24, 2.45) is 0 Å². The summed E-state index contributed by atoms with van der Waals surface area (Å²) < 4.78 is 52.8. The number of hydrogen-bond donors (Lipinski definition) is 1. The first-order valence-corrected chi connectivity index (χ1v) is 11.5. The van der Waals surface area contributed by atoms with E-state index in [1.165, 1.54) is 4.31 Å². The molecule has 0 aliphatic rings. The summed E-state index contributed by atoms with van der Waals surface area (Å²) in [6.45, 7) is 3.80. The van der Waals surface area contributed by atoms with Crippen LogP contribution in [-0.2, 0) is 26.6 Å². The first-order chi connectivity index (χ1) is 12.1. The lowest BCUT2D eigenvalue weighted by molar-refractivity contribution is 0.412. The summed E-state index contributed by atoms with van der Waals surface area (Å²) in [5.74, 6) is 0. The van der Waals surface area contributed by atoms with Gasteiger partial charge in [0.2, 0.25) is 20.0 Å². The first kappa shape index (κ1) is 20.6. The molecule has 0 saturated heterocycles. The number of benzene rings is 2. The highest BCUT2D eigenvalue weighted by Crippen LogP contribution is 2.16. The molecule has 2 aromatic rings. The smallest absolute Gasteiger partial charge is 0.212 e. The molecule has 0 fully saturated rings. The molecule has 0 aliphatic heterocycles. The second-order valence-electron chi connectivity index (χ2n) is 6.25. The third-order valence-electron chi connectivity index (χ3n) is 3.96. The van der Waals surface area contributed by atoms with E-state index in [-0.39, 0.29) is 24.5 Å². The van der Waals surface area contributed by atoms with Gasteiger partial charge in [0.05, 0.1) is 11.2 Å². The van der Waals surface area contributed by atoms with Gasteiger partial charge in [-0.05, 0) is 36.6 Å². The third kappa shape index (κ3) is 5.63. The zero-order valence-corrected chi connectivity index (χ0v) is 16.8. The predicted molar refractivity (Wildman–Crippen MR) is 103 cm³/mol. The summed E-state index contributed by atoms with van der Waals surface area (Å²) in [5.41, 5.74) is 2.33. The molecule has 8 heteroatoms. The Labute approximate surface area is 156 Å². The van der Waals surface area contributed by atoms with Crippen molar-refractivity contribution in [1.82, 2.24) is 9.03 Å². The maximum Gasteiger partial charge on any atom is 0.240 e. The quantitative estimate of drug-likeness (QED) is 0.740. The van der Waals surface area contributed by atoms with Crippen molar-refractivity contribution in [2.45, 2.75) is 25.3 Å². The van der Waals surface area contributed by atoms with E-state index in [1.807, 2.05) is 43.3 Å². The molecule has 0 saturated carbocycles. The molecule has 0 spiro atoms. The lowest BCUT2D eigenvalue weighted by Crippen LogP contribution is -2.37. The monoisotopic (exact) mass is 396 g/mol. The normalized spacial score (nSPS) is 12.5. The van der Waals surface area contributed by atoms with Crippen molar-refractivity contribution < 1.29 is 16.8 Å². The second kappa shape index (κ2) is 8.30. The Kier molecular flexibility index (Phi) is 6.57. The summed E-state index contributed by atoms with van der Waals surface area (Å²) in [4.78, 5) is 0.214. The van der Waals surface area contributed by atoms with Crippen molar-refractivity contribution in [2.75, 3.05) is 19.3 Å². The molecule has 0 aliphatic carbocycles. The fraction of sp³-hybridized carbons (Fsp3) is 0.333. The van der Waals surface area contributed by atoms with Crippen LogP contribution in [0.5, 0.6) is 0 Å². The molecule has 0 bridgehead atoms. The van der Waals surface area contributed by atoms with Crippen LogP contribution in [0.3, 0.4) is 0 Å². The lowest BCUT2D eigenvalue weighted by Gasteiger charge is -2.20. The number of hydrogen-bond acceptors (Lipinski definition) is 4. The molecule has 2 aromatic carbocycles. The molecule has 0 radical (unpaired) electrons. The highest BCUT2D eigenvalue weighted by atomic mass is 32.2. The Morgan fingerprint density at radius 3 is 2.23 bits per heavy atom. The number of aryl methyl sites for hydroxylation is 2. The molecule has 0 unspecified atom stereocenters. The van der Waals surface area contributed by atoms with Gasteiger partial charge < -0.3 is 0 Å². The van der Waals surface area contributed by atoms with E-state index < -0.39 is 20.0 Å². The number of nitrogens with one attached hydrogen (secondary N) is 1. The van der Waals surface area contributed by atoms with Crippen LogP contribution in [0.1, 0.15) is 16.7 Å². The molecule has 26 heavy (non-hydrogen) atoms.